The third-order valence-corrected chi connectivity index (χ3v) is 5.41. The lowest BCUT2D eigenvalue weighted by molar-refractivity contribution is 0.256. The van der Waals surface area contributed by atoms with E-state index in [4.69, 9.17) is 4.74 Å². The van der Waals surface area contributed by atoms with Gasteiger partial charge in [0.25, 0.3) is 0 Å². The van der Waals surface area contributed by atoms with Crippen molar-refractivity contribution in [1.82, 2.24) is 9.88 Å². The summed E-state index contributed by atoms with van der Waals surface area (Å²) >= 11 is 0. The Morgan fingerprint density at radius 1 is 1.07 bits per heavy atom. The number of aryl methyl sites for hydroxylation is 1. The summed E-state index contributed by atoms with van der Waals surface area (Å²) in [5, 5.41) is 4.90. The molecule has 1 saturated heterocycles. The van der Waals surface area contributed by atoms with Crippen molar-refractivity contribution in [3.63, 3.8) is 0 Å². The molecule has 0 radical (unpaired) electrons. The first-order valence-corrected chi connectivity index (χ1v) is 9.73. The SMILES string of the molecule is COc1ccc([C@@H](CNc2cc(C)nc3ccccc23)N2CCCC2)cc1. The van der Waals surface area contributed by atoms with Crippen molar-refractivity contribution in [1.29, 1.82) is 0 Å². The fourth-order valence-electron chi connectivity index (χ4n) is 4.00. The van der Waals surface area contributed by atoms with Crippen LogP contribution in [0.3, 0.4) is 0 Å². The highest BCUT2D eigenvalue weighted by atomic mass is 16.5. The molecular formula is C23H27N3O. The molecule has 0 unspecified atom stereocenters. The summed E-state index contributed by atoms with van der Waals surface area (Å²) in [6, 6.07) is 19.3. The molecule has 1 N–H and O–H groups in total. The van der Waals surface area contributed by atoms with Gasteiger partial charge in [0.1, 0.15) is 5.75 Å². The van der Waals surface area contributed by atoms with E-state index in [1.807, 2.05) is 6.07 Å². The summed E-state index contributed by atoms with van der Waals surface area (Å²) in [5.41, 5.74) is 4.58. The van der Waals surface area contributed by atoms with Gasteiger partial charge in [-0.15, -0.1) is 0 Å². The Kier molecular flexibility index (Phi) is 5.26. The molecule has 4 nitrogen and oxygen atoms in total. The molecule has 1 atom stereocenters. The number of likely N-dealkylation sites (tertiary alicyclic amines) is 1. The van der Waals surface area contributed by atoms with Crippen molar-refractivity contribution in [2.45, 2.75) is 25.8 Å². The number of benzene rings is 2. The number of fused-ring (bicyclic) bond motifs is 1. The van der Waals surface area contributed by atoms with Gasteiger partial charge in [-0.2, -0.15) is 0 Å². The molecule has 0 saturated carbocycles. The van der Waals surface area contributed by atoms with Crippen molar-refractivity contribution < 1.29 is 4.74 Å². The number of anilines is 1. The molecule has 0 aliphatic carbocycles. The maximum Gasteiger partial charge on any atom is 0.118 e. The zero-order valence-electron chi connectivity index (χ0n) is 16.1. The number of pyridine rings is 1. The monoisotopic (exact) mass is 361 g/mol. The minimum Gasteiger partial charge on any atom is -0.497 e. The minimum absolute atomic E-state index is 0.352. The number of para-hydroxylation sites is 1. The van der Waals surface area contributed by atoms with Crippen LogP contribution in [0.1, 0.15) is 30.1 Å². The molecule has 1 aromatic heterocycles. The summed E-state index contributed by atoms with van der Waals surface area (Å²) in [4.78, 5) is 7.24. The Bertz CT molecular complexity index is 901. The Labute approximate surface area is 161 Å². The second-order valence-corrected chi connectivity index (χ2v) is 7.24. The summed E-state index contributed by atoms with van der Waals surface area (Å²) in [5.74, 6) is 0.905. The molecule has 0 spiro atoms. The van der Waals surface area contributed by atoms with E-state index in [1.165, 1.54) is 23.8 Å². The Hall–Kier alpha value is -2.59. The lowest BCUT2D eigenvalue weighted by Gasteiger charge is -2.29. The molecule has 1 aliphatic rings. The number of aromatic nitrogens is 1. The number of ether oxygens (including phenoxy) is 1. The van der Waals surface area contributed by atoms with Crippen LogP contribution in [0.2, 0.25) is 0 Å². The molecular weight excluding hydrogens is 334 g/mol. The lowest BCUT2D eigenvalue weighted by atomic mass is 10.0. The molecule has 0 amide bonds. The van der Waals surface area contributed by atoms with Crippen molar-refractivity contribution in [3.05, 3.63) is 65.9 Å². The standard InChI is InChI=1S/C23H27N3O/c1-17-15-22(20-7-3-4-8-21(20)25-17)24-16-23(26-13-5-6-14-26)18-9-11-19(27-2)12-10-18/h3-4,7-12,15,23H,5-6,13-14,16H2,1-2H3,(H,24,25)/t23-/m1/s1. The van der Waals surface area contributed by atoms with Gasteiger partial charge in [-0.05, 0) is 62.7 Å². The highest BCUT2D eigenvalue weighted by Gasteiger charge is 2.23. The zero-order chi connectivity index (χ0) is 18.6. The van der Waals surface area contributed by atoms with Crippen molar-refractivity contribution >= 4 is 16.6 Å². The van der Waals surface area contributed by atoms with Crippen LogP contribution in [0.5, 0.6) is 5.75 Å². The second kappa shape index (κ2) is 7.97. The van der Waals surface area contributed by atoms with E-state index < -0.39 is 0 Å². The number of hydrogen-bond donors (Lipinski definition) is 1. The summed E-state index contributed by atoms with van der Waals surface area (Å²) in [7, 11) is 1.71. The first-order chi connectivity index (χ1) is 13.2. The van der Waals surface area contributed by atoms with Gasteiger partial charge < -0.3 is 10.1 Å². The average Bonchev–Trinajstić information content (AvgIpc) is 3.23. The molecule has 140 valence electrons. The van der Waals surface area contributed by atoms with Crippen LogP contribution in [-0.2, 0) is 0 Å². The van der Waals surface area contributed by atoms with E-state index in [1.54, 1.807) is 7.11 Å². The van der Waals surface area contributed by atoms with E-state index in [0.717, 1.165) is 42.3 Å². The quantitative estimate of drug-likeness (QED) is 0.684. The van der Waals surface area contributed by atoms with Crippen LogP contribution in [-0.4, -0.2) is 36.6 Å². The molecule has 0 bridgehead atoms. The number of methoxy groups -OCH3 is 1. The van der Waals surface area contributed by atoms with Gasteiger partial charge >= 0.3 is 0 Å². The van der Waals surface area contributed by atoms with Crippen molar-refractivity contribution in [3.8, 4) is 5.75 Å². The van der Waals surface area contributed by atoms with Crippen LogP contribution >= 0.6 is 0 Å². The van der Waals surface area contributed by atoms with Crippen LogP contribution < -0.4 is 10.1 Å². The highest BCUT2D eigenvalue weighted by molar-refractivity contribution is 5.91. The van der Waals surface area contributed by atoms with Gasteiger partial charge in [0.2, 0.25) is 0 Å². The Morgan fingerprint density at radius 3 is 2.56 bits per heavy atom. The molecule has 27 heavy (non-hydrogen) atoms. The Balaban J connectivity index is 1.60. The van der Waals surface area contributed by atoms with E-state index in [2.05, 4.69) is 70.7 Å². The van der Waals surface area contributed by atoms with E-state index in [9.17, 15) is 0 Å². The topological polar surface area (TPSA) is 37.4 Å². The van der Waals surface area contributed by atoms with Crippen molar-refractivity contribution in [2.75, 3.05) is 32.1 Å². The maximum absolute atomic E-state index is 5.33. The lowest BCUT2D eigenvalue weighted by Crippen LogP contribution is -2.31. The smallest absolute Gasteiger partial charge is 0.118 e. The summed E-state index contributed by atoms with van der Waals surface area (Å²) in [6.45, 7) is 5.25. The Morgan fingerprint density at radius 2 is 1.81 bits per heavy atom. The number of rotatable bonds is 6. The predicted molar refractivity (Wildman–Crippen MR) is 112 cm³/mol. The van der Waals surface area contributed by atoms with Gasteiger partial charge in [-0.1, -0.05) is 30.3 Å². The predicted octanol–water partition coefficient (Wildman–Crippen LogP) is 4.80. The fraction of sp³-hybridized carbons (Fsp3) is 0.348. The van der Waals surface area contributed by atoms with Gasteiger partial charge in [0.15, 0.2) is 0 Å². The molecule has 4 heteroatoms. The van der Waals surface area contributed by atoms with E-state index in [-0.39, 0.29) is 0 Å². The van der Waals surface area contributed by atoms with Crippen LogP contribution in [0.25, 0.3) is 10.9 Å². The highest BCUT2D eigenvalue weighted by Crippen LogP contribution is 2.29. The summed E-state index contributed by atoms with van der Waals surface area (Å²) in [6.07, 6.45) is 2.56. The number of nitrogens with zero attached hydrogens (tertiary/aromatic N) is 2. The van der Waals surface area contributed by atoms with Crippen LogP contribution in [0.15, 0.2) is 54.6 Å². The first kappa shape index (κ1) is 17.8. The zero-order valence-corrected chi connectivity index (χ0v) is 16.1. The van der Waals surface area contributed by atoms with E-state index in [0.29, 0.717) is 6.04 Å². The molecule has 2 heterocycles. The number of hydrogen-bond acceptors (Lipinski definition) is 4. The second-order valence-electron chi connectivity index (χ2n) is 7.24. The van der Waals surface area contributed by atoms with Crippen LogP contribution in [0.4, 0.5) is 5.69 Å². The summed E-state index contributed by atoms with van der Waals surface area (Å²) < 4.78 is 5.33. The molecule has 4 rings (SSSR count). The van der Waals surface area contributed by atoms with Crippen molar-refractivity contribution in [2.24, 2.45) is 0 Å². The van der Waals surface area contributed by atoms with Gasteiger partial charge in [-0.3, -0.25) is 9.88 Å². The third kappa shape index (κ3) is 3.91. The fourth-order valence-corrected chi connectivity index (χ4v) is 4.00. The molecule has 2 aromatic carbocycles. The average molecular weight is 361 g/mol. The largest absolute Gasteiger partial charge is 0.497 e. The first-order valence-electron chi connectivity index (χ1n) is 9.73. The van der Waals surface area contributed by atoms with Gasteiger partial charge in [0, 0.05) is 23.3 Å². The minimum atomic E-state index is 0.352. The normalized spacial score (nSPS) is 15.8. The van der Waals surface area contributed by atoms with Gasteiger partial charge in [-0.25, -0.2) is 0 Å². The van der Waals surface area contributed by atoms with Gasteiger partial charge in [0.05, 0.1) is 18.7 Å². The van der Waals surface area contributed by atoms with E-state index >= 15 is 0 Å². The molecule has 3 aromatic rings. The number of nitrogens with one attached hydrogen (secondary N) is 1. The van der Waals surface area contributed by atoms with Crippen LogP contribution in [0, 0.1) is 6.92 Å². The third-order valence-electron chi connectivity index (χ3n) is 5.41. The maximum atomic E-state index is 5.33. The molecule has 1 fully saturated rings. The molecule has 1 aliphatic heterocycles.